The number of allylic oxidation sites excluding steroid dienone is 6. The summed E-state index contributed by atoms with van der Waals surface area (Å²) in [5, 5.41) is 0. The zero-order valence-corrected chi connectivity index (χ0v) is 14.1. The van der Waals surface area contributed by atoms with Crippen molar-refractivity contribution in [2.24, 2.45) is 0 Å². The van der Waals surface area contributed by atoms with Gasteiger partial charge >= 0.3 is 0 Å². The van der Waals surface area contributed by atoms with E-state index in [-0.39, 0.29) is 0 Å². The molecule has 0 aliphatic heterocycles. The SMILES string of the molecule is CCCCCCC=CC=COC=CC=CCCCCCC. The third kappa shape index (κ3) is 18.8. The van der Waals surface area contributed by atoms with E-state index < -0.39 is 0 Å². The summed E-state index contributed by atoms with van der Waals surface area (Å²) in [5.74, 6) is 0. The van der Waals surface area contributed by atoms with Gasteiger partial charge in [0.1, 0.15) is 0 Å². The van der Waals surface area contributed by atoms with Crippen molar-refractivity contribution in [2.45, 2.75) is 78.1 Å². The predicted molar refractivity (Wildman–Crippen MR) is 95.2 cm³/mol. The molecule has 0 saturated heterocycles. The minimum atomic E-state index is 1.17. The molecule has 0 rings (SSSR count). The second-order valence-corrected chi connectivity index (χ2v) is 5.35. The lowest BCUT2D eigenvalue weighted by atomic mass is 10.1. The Morgan fingerprint density at radius 3 is 1.48 bits per heavy atom. The summed E-state index contributed by atoms with van der Waals surface area (Å²) in [4.78, 5) is 0. The van der Waals surface area contributed by atoms with Crippen molar-refractivity contribution in [3.05, 3.63) is 49.0 Å². The molecule has 0 bridgehead atoms. The lowest BCUT2D eigenvalue weighted by Crippen LogP contribution is -1.73. The average molecular weight is 290 g/mol. The highest BCUT2D eigenvalue weighted by atomic mass is 16.5. The fourth-order valence-corrected chi connectivity index (χ4v) is 1.95. The van der Waals surface area contributed by atoms with Crippen LogP contribution in [-0.4, -0.2) is 0 Å². The van der Waals surface area contributed by atoms with Gasteiger partial charge in [0, 0.05) is 0 Å². The minimum Gasteiger partial charge on any atom is -0.473 e. The second kappa shape index (κ2) is 18.8. The predicted octanol–water partition coefficient (Wildman–Crippen LogP) is 7.08. The van der Waals surface area contributed by atoms with Crippen LogP contribution in [0.3, 0.4) is 0 Å². The molecule has 1 heteroatoms. The Morgan fingerprint density at radius 2 is 1.05 bits per heavy atom. The van der Waals surface area contributed by atoms with Crippen molar-refractivity contribution in [3.63, 3.8) is 0 Å². The Labute approximate surface area is 132 Å². The summed E-state index contributed by atoms with van der Waals surface area (Å²) in [5.41, 5.74) is 0. The van der Waals surface area contributed by atoms with E-state index in [2.05, 4.69) is 38.2 Å². The fraction of sp³-hybridized carbons (Fsp3) is 0.600. The largest absolute Gasteiger partial charge is 0.473 e. The van der Waals surface area contributed by atoms with Gasteiger partial charge in [-0.2, -0.15) is 0 Å². The first-order valence-electron chi connectivity index (χ1n) is 8.70. The third-order valence-corrected chi connectivity index (χ3v) is 3.26. The van der Waals surface area contributed by atoms with Crippen LogP contribution in [0.4, 0.5) is 0 Å². The molecule has 0 saturated carbocycles. The van der Waals surface area contributed by atoms with E-state index in [0.717, 1.165) is 0 Å². The Balaban J connectivity index is 3.38. The van der Waals surface area contributed by atoms with Crippen LogP contribution in [0.1, 0.15) is 78.1 Å². The summed E-state index contributed by atoms with van der Waals surface area (Å²) < 4.78 is 5.26. The second-order valence-electron chi connectivity index (χ2n) is 5.35. The van der Waals surface area contributed by atoms with E-state index in [0.29, 0.717) is 0 Å². The molecular weight excluding hydrogens is 256 g/mol. The van der Waals surface area contributed by atoms with Crippen LogP contribution in [-0.2, 0) is 4.74 Å². The van der Waals surface area contributed by atoms with Gasteiger partial charge in [-0.05, 0) is 37.8 Å². The molecule has 21 heavy (non-hydrogen) atoms. The molecule has 0 spiro atoms. The average Bonchev–Trinajstić information content (AvgIpc) is 2.50. The zero-order valence-electron chi connectivity index (χ0n) is 14.1. The van der Waals surface area contributed by atoms with E-state index in [1.54, 1.807) is 12.5 Å². The van der Waals surface area contributed by atoms with Gasteiger partial charge in [0.15, 0.2) is 0 Å². The molecule has 0 heterocycles. The van der Waals surface area contributed by atoms with Crippen LogP contribution < -0.4 is 0 Å². The summed E-state index contributed by atoms with van der Waals surface area (Å²) in [7, 11) is 0. The molecule has 0 aromatic carbocycles. The van der Waals surface area contributed by atoms with Crippen molar-refractivity contribution in [2.75, 3.05) is 0 Å². The molecule has 0 fully saturated rings. The molecule has 0 unspecified atom stereocenters. The third-order valence-electron chi connectivity index (χ3n) is 3.26. The summed E-state index contributed by atoms with van der Waals surface area (Å²) in [6.45, 7) is 4.48. The lowest BCUT2D eigenvalue weighted by Gasteiger charge is -1.93. The maximum absolute atomic E-state index is 5.26. The quantitative estimate of drug-likeness (QED) is 0.188. The highest BCUT2D eigenvalue weighted by molar-refractivity contribution is 5.02. The van der Waals surface area contributed by atoms with Gasteiger partial charge in [0.05, 0.1) is 12.5 Å². The van der Waals surface area contributed by atoms with Gasteiger partial charge in [-0.1, -0.05) is 76.7 Å². The van der Waals surface area contributed by atoms with Gasteiger partial charge in [-0.25, -0.2) is 0 Å². The molecule has 0 aromatic rings. The minimum absolute atomic E-state index is 1.17. The van der Waals surface area contributed by atoms with Crippen LogP contribution in [0, 0.1) is 0 Å². The first kappa shape index (κ1) is 19.8. The first-order valence-corrected chi connectivity index (χ1v) is 8.70. The zero-order chi connectivity index (χ0) is 15.4. The topological polar surface area (TPSA) is 9.23 Å². The maximum Gasteiger partial charge on any atom is 0.0901 e. The lowest BCUT2D eigenvalue weighted by molar-refractivity contribution is 0.403. The van der Waals surface area contributed by atoms with Crippen LogP contribution in [0.2, 0.25) is 0 Å². The molecule has 0 aromatic heterocycles. The molecule has 1 nitrogen and oxygen atoms in total. The van der Waals surface area contributed by atoms with E-state index in [1.807, 2.05) is 12.2 Å². The van der Waals surface area contributed by atoms with Crippen LogP contribution in [0.5, 0.6) is 0 Å². The number of ether oxygens (including phenoxy) is 1. The van der Waals surface area contributed by atoms with E-state index in [1.165, 1.54) is 64.2 Å². The number of hydrogen-bond donors (Lipinski definition) is 0. The standard InChI is InChI=1S/C20H34O/c1-3-5-7-9-11-13-15-17-19-21-20-18-16-14-12-10-8-6-4-2/h13-20H,3-12H2,1-2H3. The normalized spacial score (nSPS) is 12.5. The van der Waals surface area contributed by atoms with Crippen LogP contribution in [0.15, 0.2) is 49.0 Å². The highest BCUT2D eigenvalue weighted by Gasteiger charge is 1.83. The van der Waals surface area contributed by atoms with Crippen molar-refractivity contribution in [1.29, 1.82) is 0 Å². The Bertz CT molecular complexity index is 267. The van der Waals surface area contributed by atoms with Crippen LogP contribution >= 0.6 is 0 Å². The molecule has 0 radical (unpaired) electrons. The number of unbranched alkanes of at least 4 members (excludes halogenated alkanes) is 8. The Morgan fingerprint density at radius 1 is 0.571 bits per heavy atom. The first-order chi connectivity index (χ1) is 10.4. The molecule has 0 aliphatic rings. The Hall–Kier alpha value is -1.24. The molecule has 0 aliphatic carbocycles. The summed E-state index contributed by atoms with van der Waals surface area (Å²) in [6.07, 6.45) is 28.8. The Kier molecular flexibility index (Phi) is 17.7. The van der Waals surface area contributed by atoms with Crippen molar-refractivity contribution in [3.8, 4) is 0 Å². The molecular formula is C20H34O. The molecule has 120 valence electrons. The summed E-state index contributed by atoms with van der Waals surface area (Å²) in [6, 6.07) is 0. The monoisotopic (exact) mass is 290 g/mol. The van der Waals surface area contributed by atoms with Gasteiger partial charge in [0.2, 0.25) is 0 Å². The van der Waals surface area contributed by atoms with Gasteiger partial charge in [-0.3, -0.25) is 0 Å². The van der Waals surface area contributed by atoms with Crippen molar-refractivity contribution >= 4 is 0 Å². The smallest absolute Gasteiger partial charge is 0.0901 e. The number of hydrogen-bond acceptors (Lipinski definition) is 1. The van der Waals surface area contributed by atoms with E-state index >= 15 is 0 Å². The summed E-state index contributed by atoms with van der Waals surface area (Å²) >= 11 is 0. The van der Waals surface area contributed by atoms with Gasteiger partial charge in [-0.15, -0.1) is 0 Å². The molecule has 0 amide bonds. The maximum atomic E-state index is 5.26. The molecule has 0 N–H and O–H groups in total. The van der Waals surface area contributed by atoms with E-state index in [9.17, 15) is 0 Å². The fourth-order valence-electron chi connectivity index (χ4n) is 1.95. The van der Waals surface area contributed by atoms with Crippen molar-refractivity contribution < 1.29 is 4.74 Å². The van der Waals surface area contributed by atoms with Gasteiger partial charge < -0.3 is 4.74 Å². The van der Waals surface area contributed by atoms with Crippen molar-refractivity contribution in [1.82, 2.24) is 0 Å². The highest BCUT2D eigenvalue weighted by Crippen LogP contribution is 2.03. The van der Waals surface area contributed by atoms with Crippen LogP contribution in [0.25, 0.3) is 0 Å². The molecule has 0 atom stereocenters. The van der Waals surface area contributed by atoms with E-state index in [4.69, 9.17) is 4.74 Å². The van der Waals surface area contributed by atoms with Gasteiger partial charge in [0.25, 0.3) is 0 Å². The number of rotatable bonds is 14.